The van der Waals surface area contributed by atoms with Crippen LogP contribution in [0.1, 0.15) is 17.5 Å². The SMILES string of the molecule is Cc1ccc(C)c(NC(=O)C2=NN(c3ccccc3)[C@H](C(N)=O)C2)c1. The Labute approximate surface area is 146 Å². The quantitative estimate of drug-likeness (QED) is 0.898. The molecule has 0 spiro atoms. The minimum atomic E-state index is -0.665. The van der Waals surface area contributed by atoms with E-state index in [0.717, 1.165) is 22.5 Å². The molecule has 25 heavy (non-hydrogen) atoms. The van der Waals surface area contributed by atoms with Crippen LogP contribution in [-0.2, 0) is 9.59 Å². The maximum Gasteiger partial charge on any atom is 0.271 e. The Balaban J connectivity index is 1.85. The predicted octanol–water partition coefficient (Wildman–Crippen LogP) is 2.36. The van der Waals surface area contributed by atoms with Crippen LogP contribution in [0.25, 0.3) is 0 Å². The third kappa shape index (κ3) is 3.52. The van der Waals surface area contributed by atoms with Crippen LogP contribution in [-0.4, -0.2) is 23.6 Å². The number of hydrogen-bond acceptors (Lipinski definition) is 4. The second-order valence-corrected chi connectivity index (χ2v) is 6.12. The van der Waals surface area contributed by atoms with Gasteiger partial charge in [-0.05, 0) is 43.2 Å². The molecule has 0 aliphatic carbocycles. The monoisotopic (exact) mass is 336 g/mol. The fraction of sp³-hybridized carbons (Fsp3) is 0.211. The van der Waals surface area contributed by atoms with Gasteiger partial charge in [-0.15, -0.1) is 0 Å². The van der Waals surface area contributed by atoms with Gasteiger partial charge < -0.3 is 11.1 Å². The molecule has 0 fully saturated rings. The summed E-state index contributed by atoms with van der Waals surface area (Å²) in [6.45, 7) is 3.89. The van der Waals surface area contributed by atoms with Gasteiger partial charge >= 0.3 is 0 Å². The van der Waals surface area contributed by atoms with Crippen LogP contribution >= 0.6 is 0 Å². The molecule has 0 unspecified atom stereocenters. The summed E-state index contributed by atoms with van der Waals surface area (Å²) in [4.78, 5) is 24.4. The summed E-state index contributed by atoms with van der Waals surface area (Å²) in [7, 11) is 0. The fourth-order valence-electron chi connectivity index (χ4n) is 2.75. The van der Waals surface area contributed by atoms with Crippen molar-refractivity contribution in [3.05, 3.63) is 59.7 Å². The molecule has 0 saturated heterocycles. The van der Waals surface area contributed by atoms with Gasteiger partial charge in [0.05, 0.1) is 5.69 Å². The molecule has 2 aromatic carbocycles. The van der Waals surface area contributed by atoms with Crippen LogP contribution in [0.3, 0.4) is 0 Å². The molecule has 2 aromatic rings. The number of nitrogens with two attached hydrogens (primary N) is 1. The number of anilines is 2. The van der Waals surface area contributed by atoms with Gasteiger partial charge in [0.15, 0.2) is 0 Å². The number of benzene rings is 2. The van der Waals surface area contributed by atoms with Crippen molar-refractivity contribution in [2.75, 3.05) is 10.3 Å². The molecule has 2 amide bonds. The Morgan fingerprint density at radius 3 is 2.56 bits per heavy atom. The molecule has 0 saturated carbocycles. The summed E-state index contributed by atoms with van der Waals surface area (Å²) in [6.07, 6.45) is 0.181. The first kappa shape index (κ1) is 16.7. The average Bonchev–Trinajstić information content (AvgIpc) is 3.05. The molecule has 6 heteroatoms. The minimum absolute atomic E-state index is 0.181. The maximum absolute atomic E-state index is 12.6. The van der Waals surface area contributed by atoms with E-state index in [0.29, 0.717) is 0 Å². The largest absolute Gasteiger partial charge is 0.368 e. The summed E-state index contributed by atoms with van der Waals surface area (Å²) >= 11 is 0. The number of aryl methyl sites for hydroxylation is 2. The summed E-state index contributed by atoms with van der Waals surface area (Å²) in [5, 5.41) is 8.74. The molecule has 0 bridgehead atoms. The number of rotatable bonds is 4. The van der Waals surface area contributed by atoms with E-state index >= 15 is 0 Å². The predicted molar refractivity (Wildman–Crippen MR) is 98.5 cm³/mol. The van der Waals surface area contributed by atoms with Crippen molar-refractivity contribution in [1.82, 2.24) is 0 Å². The highest BCUT2D eigenvalue weighted by Crippen LogP contribution is 2.25. The molecule has 1 heterocycles. The molecule has 1 atom stereocenters. The Morgan fingerprint density at radius 2 is 1.88 bits per heavy atom. The smallest absolute Gasteiger partial charge is 0.271 e. The highest BCUT2D eigenvalue weighted by atomic mass is 16.2. The standard InChI is InChI=1S/C19H20N4O2/c1-12-8-9-13(2)15(10-12)21-19(25)16-11-17(18(20)24)23(22-16)14-6-4-3-5-7-14/h3-10,17H,11H2,1-2H3,(H2,20,24)(H,21,25)/t17-/m0/s1. The van der Waals surface area contributed by atoms with Crippen LogP contribution in [0, 0.1) is 13.8 Å². The molecule has 128 valence electrons. The number of primary amides is 1. The molecule has 0 radical (unpaired) electrons. The van der Waals surface area contributed by atoms with Gasteiger partial charge in [0.25, 0.3) is 5.91 Å². The first-order valence-corrected chi connectivity index (χ1v) is 8.05. The Morgan fingerprint density at radius 1 is 1.16 bits per heavy atom. The van der Waals surface area contributed by atoms with Crippen molar-refractivity contribution in [3.8, 4) is 0 Å². The van der Waals surface area contributed by atoms with Crippen LogP contribution in [0.4, 0.5) is 11.4 Å². The van der Waals surface area contributed by atoms with Crippen molar-refractivity contribution in [2.45, 2.75) is 26.3 Å². The molecule has 0 aromatic heterocycles. The molecule has 3 N–H and O–H groups in total. The lowest BCUT2D eigenvalue weighted by Gasteiger charge is -2.20. The van der Waals surface area contributed by atoms with E-state index in [4.69, 9.17) is 5.73 Å². The Hall–Kier alpha value is -3.15. The van der Waals surface area contributed by atoms with Crippen LogP contribution in [0.2, 0.25) is 0 Å². The van der Waals surface area contributed by atoms with E-state index in [1.165, 1.54) is 5.01 Å². The number of hydrogen-bond donors (Lipinski definition) is 2. The van der Waals surface area contributed by atoms with Crippen molar-refractivity contribution < 1.29 is 9.59 Å². The zero-order chi connectivity index (χ0) is 18.0. The lowest BCUT2D eigenvalue weighted by Crippen LogP contribution is -2.39. The van der Waals surface area contributed by atoms with Gasteiger partial charge in [-0.25, -0.2) is 0 Å². The number of carbonyl (C=O) groups excluding carboxylic acids is 2. The summed E-state index contributed by atoms with van der Waals surface area (Å²) in [5.41, 5.74) is 9.26. The third-order valence-electron chi connectivity index (χ3n) is 4.16. The lowest BCUT2D eigenvalue weighted by atomic mass is 10.1. The normalized spacial score (nSPS) is 16.5. The van der Waals surface area contributed by atoms with Crippen molar-refractivity contribution in [3.63, 3.8) is 0 Å². The van der Waals surface area contributed by atoms with Crippen LogP contribution in [0.15, 0.2) is 53.6 Å². The number of nitrogens with one attached hydrogen (secondary N) is 1. The van der Waals surface area contributed by atoms with Crippen molar-refractivity contribution in [1.29, 1.82) is 0 Å². The molecular formula is C19H20N4O2. The zero-order valence-electron chi connectivity index (χ0n) is 14.2. The second kappa shape index (κ2) is 6.76. The highest BCUT2D eigenvalue weighted by Gasteiger charge is 2.35. The molecular weight excluding hydrogens is 316 g/mol. The maximum atomic E-state index is 12.6. The first-order valence-electron chi connectivity index (χ1n) is 8.05. The average molecular weight is 336 g/mol. The summed E-state index contributed by atoms with van der Waals surface area (Å²) < 4.78 is 0. The van der Waals surface area contributed by atoms with E-state index in [-0.39, 0.29) is 18.0 Å². The van der Waals surface area contributed by atoms with Crippen molar-refractivity contribution in [2.24, 2.45) is 10.8 Å². The van der Waals surface area contributed by atoms with Gasteiger partial charge in [-0.1, -0.05) is 30.3 Å². The van der Waals surface area contributed by atoms with Crippen molar-refractivity contribution >= 4 is 28.9 Å². The number of hydrazone groups is 1. The van der Waals surface area contributed by atoms with Gasteiger partial charge in [-0.3, -0.25) is 14.6 Å². The van der Waals surface area contributed by atoms with E-state index < -0.39 is 11.9 Å². The van der Waals surface area contributed by atoms with E-state index in [1.807, 2.05) is 62.4 Å². The zero-order valence-corrected chi connectivity index (χ0v) is 14.2. The molecule has 6 nitrogen and oxygen atoms in total. The summed E-state index contributed by atoms with van der Waals surface area (Å²) in [5.74, 6) is -0.833. The van der Waals surface area contributed by atoms with E-state index in [2.05, 4.69) is 10.4 Å². The van der Waals surface area contributed by atoms with E-state index in [1.54, 1.807) is 0 Å². The minimum Gasteiger partial charge on any atom is -0.368 e. The van der Waals surface area contributed by atoms with Gasteiger partial charge in [-0.2, -0.15) is 5.10 Å². The fourth-order valence-corrected chi connectivity index (χ4v) is 2.75. The molecule has 1 aliphatic rings. The topological polar surface area (TPSA) is 87.8 Å². The van der Waals surface area contributed by atoms with Gasteiger partial charge in [0, 0.05) is 12.1 Å². The van der Waals surface area contributed by atoms with Crippen LogP contribution in [0.5, 0.6) is 0 Å². The summed E-state index contributed by atoms with van der Waals surface area (Å²) in [6, 6.07) is 14.4. The molecule has 1 aliphatic heterocycles. The molecule has 3 rings (SSSR count). The number of carbonyl (C=O) groups is 2. The number of para-hydroxylation sites is 1. The number of nitrogens with zero attached hydrogens (tertiary/aromatic N) is 2. The van der Waals surface area contributed by atoms with Gasteiger partial charge in [0.2, 0.25) is 5.91 Å². The second-order valence-electron chi connectivity index (χ2n) is 6.12. The van der Waals surface area contributed by atoms with Crippen LogP contribution < -0.4 is 16.1 Å². The lowest BCUT2D eigenvalue weighted by molar-refractivity contribution is -0.119. The Kier molecular flexibility index (Phi) is 4.52. The van der Waals surface area contributed by atoms with E-state index in [9.17, 15) is 9.59 Å². The number of amides is 2. The Bertz CT molecular complexity index is 846. The first-order chi connectivity index (χ1) is 12.0. The highest BCUT2D eigenvalue weighted by molar-refractivity contribution is 6.44. The third-order valence-corrected chi connectivity index (χ3v) is 4.16. The van der Waals surface area contributed by atoms with Gasteiger partial charge in [0.1, 0.15) is 11.8 Å².